The van der Waals surface area contributed by atoms with E-state index in [1.807, 2.05) is 68.4 Å². The molecule has 1 saturated heterocycles. The van der Waals surface area contributed by atoms with Gasteiger partial charge in [0.1, 0.15) is 17.5 Å². The van der Waals surface area contributed by atoms with Crippen molar-refractivity contribution in [1.82, 2.24) is 19.4 Å². The van der Waals surface area contributed by atoms with Gasteiger partial charge in [0, 0.05) is 41.4 Å². The Labute approximate surface area is 246 Å². The number of pyridine rings is 1. The lowest BCUT2D eigenvalue weighted by Gasteiger charge is -2.30. The third kappa shape index (κ3) is 5.59. The summed E-state index contributed by atoms with van der Waals surface area (Å²) in [6.07, 6.45) is 4.92. The topological polar surface area (TPSA) is 89.3 Å². The molecule has 8 nitrogen and oxygen atoms in total. The van der Waals surface area contributed by atoms with E-state index in [9.17, 15) is 9.59 Å². The highest BCUT2D eigenvalue weighted by Gasteiger charge is 2.29. The minimum absolute atomic E-state index is 0.0320. The van der Waals surface area contributed by atoms with Crippen LogP contribution in [0, 0.1) is 5.92 Å². The van der Waals surface area contributed by atoms with E-state index in [0.717, 1.165) is 59.5 Å². The van der Waals surface area contributed by atoms with Gasteiger partial charge >= 0.3 is 0 Å². The average Bonchev–Trinajstić information content (AvgIpc) is 2.97. The number of anilines is 2. The van der Waals surface area contributed by atoms with Crippen molar-refractivity contribution in [3.8, 4) is 5.75 Å². The van der Waals surface area contributed by atoms with Gasteiger partial charge in [-0.15, -0.1) is 0 Å². The van der Waals surface area contributed by atoms with Crippen molar-refractivity contribution in [2.24, 2.45) is 5.92 Å². The highest BCUT2D eigenvalue weighted by molar-refractivity contribution is 5.99. The van der Waals surface area contributed by atoms with Crippen LogP contribution in [-0.2, 0) is 6.42 Å². The Kier molecular flexibility index (Phi) is 7.64. The van der Waals surface area contributed by atoms with Gasteiger partial charge in [-0.2, -0.15) is 4.98 Å². The highest BCUT2D eigenvalue weighted by Crippen LogP contribution is 2.32. The van der Waals surface area contributed by atoms with Gasteiger partial charge in [0.2, 0.25) is 5.95 Å². The molecule has 1 aliphatic heterocycles. The van der Waals surface area contributed by atoms with E-state index < -0.39 is 0 Å². The number of likely N-dealkylation sites (tertiary alicyclic amines) is 1. The largest absolute Gasteiger partial charge is 0.489 e. The Bertz CT molecular complexity index is 1710. The summed E-state index contributed by atoms with van der Waals surface area (Å²) in [5, 5.41) is 4.00. The fraction of sp³-hybridized carbons (Fsp3) is 0.353. The molecule has 1 N–H and O–H groups in total. The number of piperidine rings is 1. The van der Waals surface area contributed by atoms with Gasteiger partial charge in [0.15, 0.2) is 5.78 Å². The molecule has 2 atom stereocenters. The predicted molar refractivity (Wildman–Crippen MR) is 167 cm³/mol. The number of nitrogens with one attached hydrogen (secondary N) is 1. The van der Waals surface area contributed by atoms with E-state index in [1.165, 1.54) is 0 Å². The Balaban J connectivity index is 1.33. The molecule has 1 fully saturated rings. The lowest BCUT2D eigenvalue weighted by molar-refractivity contribution is 0.0951. The number of hydrogen-bond acceptors (Lipinski definition) is 7. The number of nitrogens with zero attached hydrogens (tertiary/aromatic N) is 4. The Morgan fingerprint density at radius 1 is 1.10 bits per heavy atom. The molecule has 42 heavy (non-hydrogen) atoms. The molecule has 0 saturated carbocycles. The molecule has 0 spiro atoms. The quantitative estimate of drug-likeness (QED) is 0.293. The number of rotatable bonds is 7. The molecule has 2 aromatic carbocycles. The summed E-state index contributed by atoms with van der Waals surface area (Å²) in [6.45, 7) is 10.3. The van der Waals surface area contributed by atoms with Crippen molar-refractivity contribution < 1.29 is 9.53 Å². The second-order valence-electron chi connectivity index (χ2n) is 11.8. The summed E-state index contributed by atoms with van der Waals surface area (Å²) >= 11 is 0. The van der Waals surface area contributed by atoms with Gasteiger partial charge in [-0.1, -0.05) is 44.7 Å². The predicted octanol–water partition coefficient (Wildman–Crippen LogP) is 6.05. The van der Waals surface area contributed by atoms with Crippen LogP contribution in [0.1, 0.15) is 60.6 Å². The van der Waals surface area contributed by atoms with E-state index in [2.05, 4.69) is 28.8 Å². The second-order valence-corrected chi connectivity index (χ2v) is 11.8. The maximum Gasteiger partial charge on any atom is 0.260 e. The first-order chi connectivity index (χ1) is 20.3. The van der Waals surface area contributed by atoms with E-state index >= 15 is 0 Å². The maximum absolute atomic E-state index is 14.0. The number of aromatic nitrogens is 3. The normalized spacial score (nSPS) is 19.1. The summed E-state index contributed by atoms with van der Waals surface area (Å²) in [4.78, 5) is 38.8. The van der Waals surface area contributed by atoms with E-state index in [-0.39, 0.29) is 35.8 Å². The molecule has 2 aromatic heterocycles. The van der Waals surface area contributed by atoms with Crippen LogP contribution in [-0.4, -0.2) is 51.5 Å². The van der Waals surface area contributed by atoms with Crippen LogP contribution in [0.15, 0.2) is 72.2 Å². The smallest absolute Gasteiger partial charge is 0.260 e. The third-order valence-electron chi connectivity index (χ3n) is 8.37. The number of fused-ring (bicyclic) bond motifs is 2. The molecule has 2 aliphatic rings. The molecule has 8 heteroatoms. The first-order valence-corrected chi connectivity index (χ1v) is 14.7. The van der Waals surface area contributed by atoms with Crippen molar-refractivity contribution in [2.75, 3.05) is 25.5 Å². The van der Waals surface area contributed by atoms with Gasteiger partial charge < -0.3 is 15.0 Å². The average molecular weight is 564 g/mol. The van der Waals surface area contributed by atoms with Crippen LogP contribution in [0.4, 0.5) is 11.6 Å². The summed E-state index contributed by atoms with van der Waals surface area (Å²) < 4.78 is 7.88. The Hall–Kier alpha value is -4.30. The number of likely N-dealkylation sites (N-methyl/N-ethyl adjacent to an activating group) is 1. The number of allylic oxidation sites excluding steroid dienone is 1. The van der Waals surface area contributed by atoms with Crippen molar-refractivity contribution in [1.29, 1.82) is 0 Å². The van der Waals surface area contributed by atoms with Gasteiger partial charge in [-0.3, -0.25) is 14.2 Å². The van der Waals surface area contributed by atoms with Crippen LogP contribution in [0.25, 0.3) is 16.6 Å². The summed E-state index contributed by atoms with van der Waals surface area (Å²) in [7, 11) is 2.12. The Morgan fingerprint density at radius 3 is 2.64 bits per heavy atom. The van der Waals surface area contributed by atoms with Gasteiger partial charge in [0.25, 0.3) is 5.56 Å². The van der Waals surface area contributed by atoms with Gasteiger partial charge in [-0.05, 0) is 80.2 Å². The van der Waals surface area contributed by atoms with Crippen LogP contribution in [0.5, 0.6) is 5.75 Å². The number of ether oxygens (including phenoxy) is 1. The first-order valence-electron chi connectivity index (χ1n) is 14.7. The SMILES string of the molecule is C=C(c1cc2cnc(Nc3ccc(OC4CCCN(C)C4)cc3)nc2n(C2CC(=O)c3ccccc3C2)c1=O)C(C)C. The van der Waals surface area contributed by atoms with Gasteiger partial charge in [0.05, 0.1) is 6.04 Å². The highest BCUT2D eigenvalue weighted by atomic mass is 16.5. The number of Topliss-reactive ketones (excluding diaryl/α,β-unsaturated/α-hetero) is 1. The minimum atomic E-state index is -0.361. The molecule has 6 rings (SSSR count). The summed E-state index contributed by atoms with van der Waals surface area (Å²) in [5.74, 6) is 1.32. The van der Waals surface area contributed by atoms with Crippen LogP contribution >= 0.6 is 0 Å². The summed E-state index contributed by atoms with van der Waals surface area (Å²) in [6, 6.07) is 16.9. The zero-order valence-electron chi connectivity index (χ0n) is 24.5. The molecular weight excluding hydrogens is 526 g/mol. The molecule has 216 valence electrons. The lowest BCUT2D eigenvalue weighted by atomic mass is 9.87. The standard InChI is InChI=1S/C34H37N5O3/c1-21(2)22(3)30-17-24-19-35-34(36-25-11-13-27(14-12-25)42-28-9-7-15-38(4)20-28)37-32(24)39(33(30)41)26-16-23-8-5-6-10-29(23)31(40)18-26/h5-6,8,10-14,17,19,21,26,28H,3,7,9,15-16,18,20H2,1-2,4H3,(H,35,36,37). The number of carbonyl (C=O) groups is 1. The fourth-order valence-electron chi connectivity index (χ4n) is 6.02. The zero-order valence-corrected chi connectivity index (χ0v) is 24.5. The van der Waals surface area contributed by atoms with Gasteiger partial charge in [-0.25, -0.2) is 4.98 Å². The number of hydrogen-bond donors (Lipinski definition) is 1. The van der Waals surface area contributed by atoms with Crippen molar-refractivity contribution >= 4 is 34.0 Å². The first kappa shape index (κ1) is 27.8. The molecule has 1 aliphatic carbocycles. The molecule has 2 unspecified atom stereocenters. The molecule has 3 heterocycles. The number of benzene rings is 2. The van der Waals surface area contributed by atoms with Crippen LogP contribution in [0.2, 0.25) is 0 Å². The Morgan fingerprint density at radius 2 is 1.88 bits per heavy atom. The molecule has 0 radical (unpaired) electrons. The van der Waals surface area contributed by atoms with E-state index in [0.29, 0.717) is 23.6 Å². The van der Waals surface area contributed by atoms with Crippen molar-refractivity contribution in [2.45, 2.75) is 51.7 Å². The molecule has 4 aromatic rings. The van der Waals surface area contributed by atoms with E-state index in [1.54, 1.807) is 10.8 Å². The third-order valence-corrected chi connectivity index (χ3v) is 8.37. The number of carbonyl (C=O) groups excluding carboxylic acids is 1. The van der Waals surface area contributed by atoms with Crippen LogP contribution in [0.3, 0.4) is 0 Å². The van der Waals surface area contributed by atoms with Crippen molar-refractivity contribution in [3.05, 3.63) is 94.4 Å². The molecule has 0 bridgehead atoms. The second kappa shape index (κ2) is 11.5. The molecular formula is C34H37N5O3. The maximum atomic E-state index is 14.0. The van der Waals surface area contributed by atoms with Crippen molar-refractivity contribution in [3.63, 3.8) is 0 Å². The zero-order chi connectivity index (χ0) is 29.4. The molecule has 0 amide bonds. The summed E-state index contributed by atoms with van der Waals surface area (Å²) in [5.41, 5.74) is 4.09. The lowest BCUT2D eigenvalue weighted by Crippen LogP contribution is -2.38. The number of ketones is 1. The monoisotopic (exact) mass is 563 g/mol. The van der Waals surface area contributed by atoms with E-state index in [4.69, 9.17) is 9.72 Å². The minimum Gasteiger partial charge on any atom is -0.489 e. The fourth-order valence-corrected chi connectivity index (χ4v) is 6.02. The van der Waals surface area contributed by atoms with Crippen LogP contribution < -0.4 is 15.6 Å².